The Labute approximate surface area is 150 Å². The quantitative estimate of drug-likeness (QED) is 0.849. The molecule has 3 heterocycles. The minimum atomic E-state index is 0.614. The maximum absolute atomic E-state index is 5.49. The number of piperidine rings is 2. The maximum Gasteiger partial charge on any atom is 0.266 e. The number of aromatic nitrogens is 2. The van der Waals surface area contributed by atoms with Crippen LogP contribution in [0.25, 0.3) is 11.5 Å². The van der Waals surface area contributed by atoms with Crippen LogP contribution in [0.1, 0.15) is 32.6 Å². The summed E-state index contributed by atoms with van der Waals surface area (Å²) in [5.74, 6) is 2.97. The van der Waals surface area contributed by atoms with Gasteiger partial charge in [-0.1, -0.05) is 25.1 Å². The number of hydrogen-bond acceptors (Lipinski definition) is 5. The van der Waals surface area contributed by atoms with E-state index in [9.17, 15) is 0 Å². The Bertz CT molecular complexity index is 663. The van der Waals surface area contributed by atoms with E-state index in [0.717, 1.165) is 30.5 Å². The van der Waals surface area contributed by atoms with Crippen molar-refractivity contribution >= 4 is 5.95 Å². The molecule has 4 rings (SSSR count). The van der Waals surface area contributed by atoms with Gasteiger partial charge in [0.05, 0.1) is 0 Å². The molecule has 0 spiro atoms. The number of rotatable bonds is 4. The highest BCUT2D eigenvalue weighted by Crippen LogP contribution is 2.26. The van der Waals surface area contributed by atoms with E-state index >= 15 is 0 Å². The Morgan fingerprint density at radius 2 is 1.88 bits per heavy atom. The molecule has 2 aromatic rings. The Hall–Kier alpha value is -1.88. The molecule has 0 aliphatic carbocycles. The fourth-order valence-electron chi connectivity index (χ4n) is 4.05. The van der Waals surface area contributed by atoms with Crippen molar-refractivity contribution in [3.8, 4) is 11.5 Å². The molecule has 0 amide bonds. The molecule has 2 aliphatic rings. The fourth-order valence-corrected chi connectivity index (χ4v) is 4.05. The molecular formula is C20H28N4O. The molecule has 0 N–H and O–H groups in total. The van der Waals surface area contributed by atoms with Gasteiger partial charge in [-0.3, -0.25) is 0 Å². The van der Waals surface area contributed by atoms with E-state index in [-0.39, 0.29) is 0 Å². The first kappa shape index (κ1) is 16.6. The third-order valence-corrected chi connectivity index (χ3v) is 5.63. The lowest BCUT2D eigenvalue weighted by atomic mass is 9.94. The van der Waals surface area contributed by atoms with Crippen LogP contribution in [-0.2, 0) is 0 Å². The summed E-state index contributed by atoms with van der Waals surface area (Å²) in [7, 11) is 0. The predicted octanol–water partition coefficient (Wildman–Crippen LogP) is 3.68. The zero-order valence-electron chi connectivity index (χ0n) is 15.1. The van der Waals surface area contributed by atoms with Gasteiger partial charge < -0.3 is 14.3 Å². The molecule has 0 radical (unpaired) electrons. The molecule has 1 unspecified atom stereocenters. The second-order valence-electron chi connectivity index (χ2n) is 7.70. The van der Waals surface area contributed by atoms with E-state index in [0.29, 0.717) is 11.8 Å². The first-order valence-corrected chi connectivity index (χ1v) is 9.64. The van der Waals surface area contributed by atoms with Crippen LogP contribution in [0.2, 0.25) is 0 Å². The lowest BCUT2D eigenvalue weighted by molar-refractivity contribution is 0.159. The number of hydrogen-bond donors (Lipinski definition) is 0. The SMILES string of the molecule is CC1CCN(CC2CCCN(c3noc(-c4ccccc4)n3)C2)CC1. The van der Waals surface area contributed by atoms with Gasteiger partial charge in [-0.2, -0.15) is 4.98 Å². The predicted molar refractivity (Wildman–Crippen MR) is 99.5 cm³/mol. The van der Waals surface area contributed by atoms with E-state index < -0.39 is 0 Å². The summed E-state index contributed by atoms with van der Waals surface area (Å²) in [4.78, 5) is 9.58. The van der Waals surface area contributed by atoms with E-state index in [2.05, 4.69) is 26.9 Å². The summed E-state index contributed by atoms with van der Waals surface area (Å²) in [6.45, 7) is 8.18. The Kier molecular flexibility index (Phi) is 5.02. The molecule has 134 valence electrons. The van der Waals surface area contributed by atoms with Crippen molar-refractivity contribution < 1.29 is 4.52 Å². The van der Waals surface area contributed by atoms with Crippen LogP contribution in [0, 0.1) is 11.8 Å². The van der Waals surface area contributed by atoms with E-state index in [1.807, 2.05) is 30.3 Å². The zero-order valence-corrected chi connectivity index (χ0v) is 15.1. The number of nitrogens with zero attached hydrogens (tertiary/aromatic N) is 4. The smallest absolute Gasteiger partial charge is 0.266 e. The largest absolute Gasteiger partial charge is 0.338 e. The van der Waals surface area contributed by atoms with Crippen LogP contribution in [0.3, 0.4) is 0 Å². The van der Waals surface area contributed by atoms with Gasteiger partial charge in [-0.15, -0.1) is 0 Å². The lowest BCUT2D eigenvalue weighted by Crippen LogP contribution is -2.43. The first-order chi connectivity index (χ1) is 12.3. The highest BCUT2D eigenvalue weighted by atomic mass is 16.5. The molecular weight excluding hydrogens is 312 g/mol. The molecule has 2 fully saturated rings. The number of likely N-dealkylation sites (tertiary alicyclic amines) is 1. The van der Waals surface area contributed by atoms with Crippen LogP contribution in [-0.4, -0.2) is 47.8 Å². The van der Waals surface area contributed by atoms with Crippen LogP contribution in [0.4, 0.5) is 5.95 Å². The summed E-state index contributed by atoms with van der Waals surface area (Å²) in [5.41, 5.74) is 0.984. The molecule has 1 atom stereocenters. The average molecular weight is 340 g/mol. The van der Waals surface area contributed by atoms with E-state index in [4.69, 9.17) is 4.52 Å². The van der Waals surface area contributed by atoms with Crippen molar-refractivity contribution in [1.29, 1.82) is 0 Å². The highest BCUT2D eigenvalue weighted by molar-refractivity contribution is 5.54. The van der Waals surface area contributed by atoms with Crippen molar-refractivity contribution in [2.24, 2.45) is 11.8 Å². The normalized spacial score (nSPS) is 23.1. The minimum Gasteiger partial charge on any atom is -0.338 e. The second-order valence-corrected chi connectivity index (χ2v) is 7.70. The molecule has 25 heavy (non-hydrogen) atoms. The summed E-state index contributed by atoms with van der Waals surface area (Å²) in [5, 5.41) is 4.23. The van der Waals surface area contributed by atoms with Crippen LogP contribution < -0.4 is 4.90 Å². The molecule has 0 bridgehead atoms. The first-order valence-electron chi connectivity index (χ1n) is 9.64. The van der Waals surface area contributed by atoms with Crippen molar-refractivity contribution in [1.82, 2.24) is 15.0 Å². The van der Waals surface area contributed by atoms with Gasteiger partial charge in [0.25, 0.3) is 11.8 Å². The minimum absolute atomic E-state index is 0.614. The Morgan fingerprint density at radius 3 is 2.68 bits per heavy atom. The van der Waals surface area contributed by atoms with Gasteiger partial charge in [-0.25, -0.2) is 0 Å². The molecule has 2 aliphatic heterocycles. The van der Waals surface area contributed by atoms with Gasteiger partial charge in [-0.05, 0) is 67.9 Å². The molecule has 0 saturated carbocycles. The van der Waals surface area contributed by atoms with Gasteiger partial charge in [0.1, 0.15) is 0 Å². The van der Waals surface area contributed by atoms with Crippen LogP contribution in [0.15, 0.2) is 34.9 Å². The van der Waals surface area contributed by atoms with Crippen molar-refractivity contribution in [3.05, 3.63) is 30.3 Å². The Morgan fingerprint density at radius 1 is 1.08 bits per heavy atom. The van der Waals surface area contributed by atoms with Gasteiger partial charge in [0.15, 0.2) is 0 Å². The summed E-state index contributed by atoms with van der Waals surface area (Å²) in [6.07, 6.45) is 5.22. The van der Waals surface area contributed by atoms with Gasteiger partial charge in [0.2, 0.25) is 0 Å². The summed E-state index contributed by atoms with van der Waals surface area (Å²) < 4.78 is 5.49. The van der Waals surface area contributed by atoms with E-state index in [1.54, 1.807) is 0 Å². The van der Waals surface area contributed by atoms with Crippen molar-refractivity contribution in [3.63, 3.8) is 0 Å². The summed E-state index contributed by atoms with van der Waals surface area (Å²) >= 11 is 0. The van der Waals surface area contributed by atoms with Gasteiger partial charge in [0, 0.05) is 25.2 Å². The van der Waals surface area contributed by atoms with Crippen LogP contribution in [0.5, 0.6) is 0 Å². The van der Waals surface area contributed by atoms with Crippen molar-refractivity contribution in [2.75, 3.05) is 37.6 Å². The molecule has 1 aromatic carbocycles. The zero-order chi connectivity index (χ0) is 17.1. The highest BCUT2D eigenvalue weighted by Gasteiger charge is 2.26. The molecule has 5 nitrogen and oxygen atoms in total. The topological polar surface area (TPSA) is 45.4 Å². The standard InChI is InChI=1S/C20H28N4O/c1-16-9-12-23(13-10-16)14-17-6-5-11-24(15-17)20-21-19(25-22-20)18-7-3-2-4-8-18/h2-4,7-8,16-17H,5-6,9-15H2,1H3. The lowest BCUT2D eigenvalue weighted by Gasteiger charge is -2.37. The monoisotopic (exact) mass is 340 g/mol. The molecule has 5 heteroatoms. The molecule has 2 saturated heterocycles. The fraction of sp³-hybridized carbons (Fsp3) is 0.600. The van der Waals surface area contributed by atoms with Crippen molar-refractivity contribution in [2.45, 2.75) is 32.6 Å². The third kappa shape index (κ3) is 4.03. The number of anilines is 1. The van der Waals surface area contributed by atoms with Gasteiger partial charge >= 0.3 is 0 Å². The summed E-state index contributed by atoms with van der Waals surface area (Å²) in [6, 6.07) is 10.0. The third-order valence-electron chi connectivity index (χ3n) is 5.63. The molecule has 1 aromatic heterocycles. The maximum atomic E-state index is 5.49. The number of benzene rings is 1. The second kappa shape index (κ2) is 7.56. The average Bonchev–Trinajstić information content (AvgIpc) is 3.15. The van der Waals surface area contributed by atoms with E-state index in [1.165, 1.54) is 45.3 Å². The van der Waals surface area contributed by atoms with Crippen LogP contribution >= 0.6 is 0 Å². The Balaban J connectivity index is 1.37.